The van der Waals surface area contributed by atoms with Crippen LogP contribution < -0.4 is 5.32 Å². The van der Waals surface area contributed by atoms with Crippen LogP contribution in [0, 0.1) is 0 Å². The summed E-state index contributed by atoms with van der Waals surface area (Å²) in [6.45, 7) is 4.98. The predicted molar refractivity (Wildman–Crippen MR) is 48.5 cm³/mol. The van der Waals surface area contributed by atoms with Crippen LogP contribution in [0.25, 0.3) is 0 Å². The van der Waals surface area contributed by atoms with Gasteiger partial charge >= 0.3 is 0 Å². The van der Waals surface area contributed by atoms with Gasteiger partial charge in [-0.25, -0.2) is 8.42 Å². The molecule has 0 bridgehead atoms. The molecule has 1 N–H and O–H groups in total. The molecule has 0 amide bonds. The molecule has 1 aliphatic rings. The van der Waals surface area contributed by atoms with Crippen LogP contribution in [0.5, 0.6) is 0 Å². The van der Waals surface area contributed by atoms with Crippen LogP contribution in [-0.2, 0) is 9.84 Å². The fourth-order valence-corrected chi connectivity index (χ4v) is 2.74. The van der Waals surface area contributed by atoms with Crippen molar-refractivity contribution >= 4 is 9.84 Å². The van der Waals surface area contributed by atoms with E-state index in [0.29, 0.717) is 0 Å². The Labute approximate surface area is 73.9 Å². The van der Waals surface area contributed by atoms with Gasteiger partial charge in [-0.1, -0.05) is 0 Å². The van der Waals surface area contributed by atoms with E-state index in [0.717, 1.165) is 13.1 Å². The van der Waals surface area contributed by atoms with Crippen LogP contribution in [0.15, 0.2) is 0 Å². The van der Waals surface area contributed by atoms with Gasteiger partial charge in [0.2, 0.25) is 0 Å². The monoisotopic (exact) mass is 192 g/mol. The zero-order valence-corrected chi connectivity index (χ0v) is 8.56. The average molecular weight is 192 g/mol. The van der Waals surface area contributed by atoms with Gasteiger partial charge in [-0.2, -0.15) is 0 Å². The molecular weight excluding hydrogens is 176 g/mol. The lowest BCUT2D eigenvalue weighted by Crippen LogP contribution is -2.43. The highest BCUT2D eigenvalue weighted by atomic mass is 32.2. The van der Waals surface area contributed by atoms with E-state index in [1.165, 1.54) is 0 Å². The summed E-state index contributed by atoms with van der Waals surface area (Å²) in [5, 5.41) is 2.66. The van der Waals surface area contributed by atoms with Gasteiger partial charge in [-0.05, 0) is 20.9 Å². The van der Waals surface area contributed by atoms with E-state index >= 15 is 0 Å². The highest BCUT2D eigenvalue weighted by molar-refractivity contribution is 7.92. The van der Waals surface area contributed by atoms with Crippen molar-refractivity contribution < 1.29 is 8.42 Å². The van der Waals surface area contributed by atoms with E-state index in [1.54, 1.807) is 13.8 Å². The SMILES string of the molecule is CC(C)S(=O)(=O)C1NCCN1C. The van der Waals surface area contributed by atoms with Gasteiger partial charge in [0.1, 0.15) is 0 Å². The van der Waals surface area contributed by atoms with Crippen molar-refractivity contribution in [2.24, 2.45) is 0 Å². The molecule has 1 rings (SSSR count). The van der Waals surface area contributed by atoms with Crippen LogP contribution in [0.1, 0.15) is 13.8 Å². The Morgan fingerprint density at radius 3 is 2.42 bits per heavy atom. The Bertz CT molecular complexity index is 248. The predicted octanol–water partition coefficient (Wildman–Crippen LogP) is -0.372. The maximum Gasteiger partial charge on any atom is 0.182 e. The van der Waals surface area contributed by atoms with E-state index < -0.39 is 15.3 Å². The first-order valence-electron chi connectivity index (χ1n) is 4.12. The Hall–Kier alpha value is -0.130. The Balaban J connectivity index is 2.82. The van der Waals surface area contributed by atoms with Gasteiger partial charge in [0, 0.05) is 13.1 Å². The molecule has 1 unspecified atom stereocenters. The minimum Gasteiger partial charge on any atom is -0.288 e. The molecule has 72 valence electrons. The molecule has 0 spiro atoms. The van der Waals surface area contributed by atoms with Gasteiger partial charge in [-0.3, -0.25) is 10.2 Å². The molecule has 0 aromatic heterocycles. The van der Waals surface area contributed by atoms with Crippen molar-refractivity contribution in [1.29, 1.82) is 0 Å². The van der Waals surface area contributed by atoms with Crippen molar-refractivity contribution in [3.05, 3.63) is 0 Å². The Kier molecular flexibility index (Phi) is 2.75. The number of sulfone groups is 1. The van der Waals surface area contributed by atoms with Gasteiger partial charge in [-0.15, -0.1) is 0 Å². The number of nitrogens with one attached hydrogen (secondary N) is 1. The van der Waals surface area contributed by atoms with E-state index in [9.17, 15) is 8.42 Å². The smallest absolute Gasteiger partial charge is 0.182 e. The topological polar surface area (TPSA) is 49.4 Å². The lowest BCUT2D eigenvalue weighted by atomic mass is 10.6. The van der Waals surface area contributed by atoms with Crippen LogP contribution in [-0.4, -0.2) is 44.2 Å². The first-order chi connectivity index (χ1) is 5.46. The molecule has 1 saturated heterocycles. The molecule has 5 heteroatoms. The van der Waals surface area contributed by atoms with Gasteiger partial charge in [0.05, 0.1) is 5.25 Å². The number of likely N-dealkylation sites (N-methyl/N-ethyl adjacent to an activating group) is 1. The standard InChI is InChI=1S/C7H16N2O2S/c1-6(2)12(10,11)7-8-4-5-9(7)3/h6-8H,4-5H2,1-3H3. The lowest BCUT2D eigenvalue weighted by molar-refractivity contribution is 0.361. The first-order valence-corrected chi connectivity index (χ1v) is 5.73. The Morgan fingerprint density at radius 2 is 2.08 bits per heavy atom. The summed E-state index contributed by atoms with van der Waals surface area (Å²) in [7, 11) is -1.19. The van der Waals surface area contributed by atoms with E-state index in [4.69, 9.17) is 0 Å². The number of hydrogen-bond acceptors (Lipinski definition) is 4. The molecule has 0 radical (unpaired) electrons. The van der Waals surface area contributed by atoms with E-state index in [2.05, 4.69) is 5.32 Å². The maximum absolute atomic E-state index is 11.6. The average Bonchev–Trinajstić information content (AvgIpc) is 2.35. The highest BCUT2D eigenvalue weighted by Gasteiger charge is 2.34. The lowest BCUT2D eigenvalue weighted by Gasteiger charge is -2.21. The van der Waals surface area contributed by atoms with E-state index in [1.807, 2.05) is 11.9 Å². The molecular formula is C7H16N2O2S. The third-order valence-electron chi connectivity index (χ3n) is 2.15. The molecule has 4 nitrogen and oxygen atoms in total. The molecule has 1 aliphatic heterocycles. The first kappa shape index (κ1) is 9.95. The summed E-state index contributed by atoms with van der Waals surface area (Å²) in [5.74, 6) is 0. The summed E-state index contributed by atoms with van der Waals surface area (Å²) in [4.78, 5) is 1.83. The summed E-state index contributed by atoms with van der Waals surface area (Å²) >= 11 is 0. The highest BCUT2D eigenvalue weighted by Crippen LogP contribution is 2.12. The summed E-state index contributed by atoms with van der Waals surface area (Å²) < 4.78 is 23.3. The fraction of sp³-hybridized carbons (Fsp3) is 1.00. The molecule has 1 heterocycles. The fourth-order valence-electron chi connectivity index (χ4n) is 1.26. The zero-order valence-electron chi connectivity index (χ0n) is 7.74. The molecule has 0 saturated carbocycles. The van der Waals surface area contributed by atoms with Crippen molar-refractivity contribution in [3.8, 4) is 0 Å². The zero-order chi connectivity index (χ0) is 9.35. The van der Waals surface area contributed by atoms with Crippen molar-refractivity contribution in [2.75, 3.05) is 20.1 Å². The van der Waals surface area contributed by atoms with Crippen molar-refractivity contribution in [1.82, 2.24) is 10.2 Å². The molecule has 0 aliphatic carbocycles. The summed E-state index contributed by atoms with van der Waals surface area (Å²) in [6, 6.07) is 0. The number of hydrogen-bond donors (Lipinski definition) is 1. The third-order valence-corrected chi connectivity index (χ3v) is 4.62. The number of nitrogens with zero attached hydrogens (tertiary/aromatic N) is 1. The Morgan fingerprint density at radius 1 is 1.50 bits per heavy atom. The third kappa shape index (κ3) is 1.62. The van der Waals surface area contributed by atoms with Gasteiger partial charge in [0.15, 0.2) is 15.3 Å². The van der Waals surface area contributed by atoms with Crippen LogP contribution in [0.2, 0.25) is 0 Å². The minimum absolute atomic E-state index is 0.310. The second-order valence-corrected chi connectivity index (χ2v) is 5.99. The normalized spacial score (nSPS) is 26.8. The largest absolute Gasteiger partial charge is 0.288 e. The minimum atomic E-state index is -3.01. The van der Waals surface area contributed by atoms with Gasteiger partial charge < -0.3 is 0 Å². The van der Waals surface area contributed by atoms with Crippen molar-refractivity contribution in [2.45, 2.75) is 24.6 Å². The molecule has 0 aromatic rings. The van der Waals surface area contributed by atoms with Crippen LogP contribution in [0.4, 0.5) is 0 Å². The molecule has 0 aromatic carbocycles. The molecule has 12 heavy (non-hydrogen) atoms. The number of rotatable bonds is 2. The van der Waals surface area contributed by atoms with Crippen LogP contribution >= 0.6 is 0 Å². The van der Waals surface area contributed by atoms with E-state index in [-0.39, 0.29) is 5.25 Å². The quantitative estimate of drug-likeness (QED) is 0.648. The summed E-state index contributed by atoms with van der Waals surface area (Å²) in [6.07, 6.45) is 0. The molecule has 1 atom stereocenters. The molecule has 1 fully saturated rings. The second kappa shape index (κ2) is 3.32. The second-order valence-electron chi connectivity index (χ2n) is 3.42. The van der Waals surface area contributed by atoms with Gasteiger partial charge in [0.25, 0.3) is 0 Å². The summed E-state index contributed by atoms with van der Waals surface area (Å²) in [5.41, 5.74) is -0.475. The van der Waals surface area contributed by atoms with Crippen molar-refractivity contribution in [3.63, 3.8) is 0 Å². The van der Waals surface area contributed by atoms with Crippen LogP contribution in [0.3, 0.4) is 0 Å². The maximum atomic E-state index is 11.6.